The first kappa shape index (κ1) is 14.0. The first-order valence-electron chi connectivity index (χ1n) is 6.46. The molecular formula is C12H16N3O3S-. The summed E-state index contributed by atoms with van der Waals surface area (Å²) in [7, 11) is 0. The summed E-state index contributed by atoms with van der Waals surface area (Å²) in [6.45, 7) is 0. The van der Waals surface area contributed by atoms with E-state index >= 15 is 0 Å². The zero-order valence-corrected chi connectivity index (χ0v) is 11.4. The lowest BCUT2D eigenvalue weighted by Crippen LogP contribution is -2.31. The zero-order chi connectivity index (χ0) is 13.7. The predicted molar refractivity (Wildman–Crippen MR) is 71.7 cm³/mol. The van der Waals surface area contributed by atoms with E-state index in [9.17, 15) is 14.7 Å². The maximum Gasteiger partial charge on any atom is 0.239 e. The number of hydrogen-bond donors (Lipinski definition) is 1. The summed E-state index contributed by atoms with van der Waals surface area (Å²) in [6, 6.07) is 0. The van der Waals surface area contributed by atoms with Crippen LogP contribution in [0.5, 0.6) is 0 Å². The molecule has 1 heterocycles. The molecule has 0 unspecified atom stereocenters. The summed E-state index contributed by atoms with van der Waals surface area (Å²) in [5, 5.41) is 20.9. The van der Waals surface area contributed by atoms with Gasteiger partial charge in [-0.25, -0.2) is 0 Å². The Labute approximate surface area is 115 Å². The van der Waals surface area contributed by atoms with Gasteiger partial charge < -0.3 is 15.2 Å². The number of thioether (sulfide) groups is 1. The van der Waals surface area contributed by atoms with E-state index in [2.05, 4.69) is 15.5 Å². The van der Waals surface area contributed by atoms with Crippen LogP contribution in [0.15, 0.2) is 10.2 Å². The van der Waals surface area contributed by atoms with Gasteiger partial charge in [-0.1, -0.05) is 24.6 Å². The Morgan fingerprint density at radius 3 is 2.58 bits per heavy atom. The van der Waals surface area contributed by atoms with Crippen molar-refractivity contribution < 1.29 is 14.7 Å². The van der Waals surface area contributed by atoms with Crippen molar-refractivity contribution in [1.82, 2.24) is 5.32 Å². The van der Waals surface area contributed by atoms with Gasteiger partial charge in [-0.3, -0.25) is 4.79 Å². The molecule has 0 aromatic rings. The maximum atomic E-state index is 11.5. The number of carbonyl (C=O) groups excluding carboxylic acids is 2. The number of nitrogens with one attached hydrogen (secondary N) is 1. The van der Waals surface area contributed by atoms with Gasteiger partial charge in [-0.2, -0.15) is 5.10 Å². The number of nitrogens with zero attached hydrogens (tertiary/aromatic N) is 2. The minimum atomic E-state index is -1.23. The molecule has 0 aromatic heterocycles. The largest absolute Gasteiger partial charge is 0.550 e. The Morgan fingerprint density at radius 1 is 1.26 bits per heavy atom. The molecule has 7 heteroatoms. The van der Waals surface area contributed by atoms with Gasteiger partial charge >= 0.3 is 0 Å². The quantitative estimate of drug-likeness (QED) is 0.599. The molecule has 0 aromatic carbocycles. The standard InChI is InChI=1S/C12H17N3O3S/c16-10(17)7-9-11(18)13-12(19-9)15-14-8-5-3-1-2-4-6-8/h9H,1-7H2,(H,16,17)(H,13,15,18)/p-1/t9-/m1/s1. The van der Waals surface area contributed by atoms with E-state index in [0.29, 0.717) is 5.17 Å². The van der Waals surface area contributed by atoms with E-state index < -0.39 is 11.2 Å². The molecule has 0 bridgehead atoms. The van der Waals surface area contributed by atoms with E-state index in [1.165, 1.54) is 12.8 Å². The Balaban J connectivity index is 1.95. The fraction of sp³-hybridized carbons (Fsp3) is 0.667. The van der Waals surface area contributed by atoms with Crippen molar-refractivity contribution in [1.29, 1.82) is 0 Å². The topological polar surface area (TPSA) is 93.9 Å². The van der Waals surface area contributed by atoms with E-state index in [0.717, 1.165) is 43.2 Å². The van der Waals surface area contributed by atoms with Crippen molar-refractivity contribution in [3.8, 4) is 0 Å². The maximum absolute atomic E-state index is 11.5. The predicted octanol–water partition coefficient (Wildman–Crippen LogP) is 0.424. The summed E-state index contributed by atoms with van der Waals surface area (Å²) in [5.41, 5.74) is 1.06. The third kappa shape index (κ3) is 4.34. The van der Waals surface area contributed by atoms with Crippen LogP contribution in [0.3, 0.4) is 0 Å². The van der Waals surface area contributed by atoms with Crippen molar-refractivity contribution in [2.24, 2.45) is 10.2 Å². The van der Waals surface area contributed by atoms with Crippen molar-refractivity contribution in [3.63, 3.8) is 0 Å². The fourth-order valence-electron chi connectivity index (χ4n) is 2.09. The molecule has 19 heavy (non-hydrogen) atoms. The van der Waals surface area contributed by atoms with E-state index in [4.69, 9.17) is 0 Å². The first-order chi connectivity index (χ1) is 9.15. The van der Waals surface area contributed by atoms with Gasteiger partial charge in [-0.15, -0.1) is 5.10 Å². The highest BCUT2D eigenvalue weighted by atomic mass is 32.2. The van der Waals surface area contributed by atoms with E-state index in [-0.39, 0.29) is 12.3 Å². The van der Waals surface area contributed by atoms with Crippen LogP contribution in [0, 0.1) is 0 Å². The molecule has 2 aliphatic rings. The van der Waals surface area contributed by atoms with Crippen LogP contribution in [0.25, 0.3) is 0 Å². The van der Waals surface area contributed by atoms with Crippen molar-refractivity contribution >= 4 is 34.5 Å². The van der Waals surface area contributed by atoms with Crippen LogP contribution in [-0.2, 0) is 9.59 Å². The third-order valence-electron chi connectivity index (χ3n) is 3.09. The summed E-state index contributed by atoms with van der Waals surface area (Å²) in [6.07, 6.45) is 6.35. The molecule has 104 valence electrons. The molecule has 6 nitrogen and oxygen atoms in total. The molecular weight excluding hydrogens is 266 g/mol. The van der Waals surface area contributed by atoms with Gasteiger partial charge in [0.1, 0.15) is 0 Å². The molecule has 2 fully saturated rings. The molecule has 1 atom stereocenters. The summed E-state index contributed by atoms with van der Waals surface area (Å²) in [4.78, 5) is 22.0. The SMILES string of the molecule is O=C([O-])C[C@H]1S/C(=N/N=C2CCCCCC2)NC1=O. The van der Waals surface area contributed by atoms with Crippen LogP contribution in [0.2, 0.25) is 0 Å². The van der Waals surface area contributed by atoms with Gasteiger partial charge in [0, 0.05) is 18.1 Å². The van der Waals surface area contributed by atoms with Crippen LogP contribution in [-0.4, -0.2) is 28.0 Å². The smallest absolute Gasteiger partial charge is 0.239 e. The second kappa shape index (κ2) is 6.70. The highest BCUT2D eigenvalue weighted by Gasteiger charge is 2.30. The van der Waals surface area contributed by atoms with Crippen LogP contribution >= 0.6 is 11.8 Å². The number of amidine groups is 1. The molecule has 2 rings (SSSR count). The van der Waals surface area contributed by atoms with E-state index in [1.54, 1.807) is 0 Å². The molecule has 1 N–H and O–H groups in total. The summed E-state index contributed by atoms with van der Waals surface area (Å²) in [5.74, 6) is -1.57. The van der Waals surface area contributed by atoms with Crippen LogP contribution < -0.4 is 10.4 Å². The van der Waals surface area contributed by atoms with E-state index in [1.807, 2.05) is 0 Å². The molecule has 1 saturated heterocycles. The van der Waals surface area contributed by atoms with Crippen LogP contribution in [0.4, 0.5) is 0 Å². The number of carbonyl (C=O) groups is 2. The lowest BCUT2D eigenvalue weighted by molar-refractivity contribution is -0.305. The fourth-order valence-corrected chi connectivity index (χ4v) is 2.99. The Morgan fingerprint density at radius 2 is 1.95 bits per heavy atom. The van der Waals surface area contributed by atoms with Gasteiger partial charge in [0.2, 0.25) is 5.91 Å². The zero-order valence-electron chi connectivity index (χ0n) is 10.6. The normalized spacial score (nSPS) is 26.1. The molecule has 0 radical (unpaired) electrons. The average molecular weight is 282 g/mol. The number of aliphatic carboxylic acids is 1. The van der Waals surface area contributed by atoms with Crippen molar-refractivity contribution in [3.05, 3.63) is 0 Å². The first-order valence-corrected chi connectivity index (χ1v) is 7.34. The lowest BCUT2D eigenvalue weighted by Gasteiger charge is -2.04. The average Bonchev–Trinajstić information content (AvgIpc) is 2.57. The highest BCUT2D eigenvalue weighted by Crippen LogP contribution is 2.22. The number of hydrogen-bond acceptors (Lipinski definition) is 6. The minimum absolute atomic E-state index is 0.300. The highest BCUT2D eigenvalue weighted by molar-refractivity contribution is 8.15. The third-order valence-corrected chi connectivity index (χ3v) is 4.16. The number of carboxylic acid groups (broad SMARTS) is 1. The molecule has 0 spiro atoms. The van der Waals surface area contributed by atoms with Crippen molar-refractivity contribution in [2.45, 2.75) is 50.2 Å². The summed E-state index contributed by atoms with van der Waals surface area (Å²) >= 11 is 1.10. The molecule has 1 aliphatic heterocycles. The van der Waals surface area contributed by atoms with Gasteiger partial charge in [-0.05, 0) is 25.7 Å². The Kier molecular flexibility index (Phi) is 4.95. The monoisotopic (exact) mass is 282 g/mol. The second-order valence-corrected chi connectivity index (χ2v) is 5.85. The molecule has 1 aliphatic carbocycles. The molecule has 1 saturated carbocycles. The Bertz CT molecular complexity index is 424. The number of rotatable bonds is 3. The van der Waals surface area contributed by atoms with Crippen molar-refractivity contribution in [2.75, 3.05) is 0 Å². The number of amides is 1. The van der Waals surface area contributed by atoms with Gasteiger partial charge in [0.15, 0.2) is 5.17 Å². The Hall–Kier alpha value is -1.37. The van der Waals surface area contributed by atoms with Gasteiger partial charge in [0.05, 0.1) is 5.25 Å². The minimum Gasteiger partial charge on any atom is -0.550 e. The van der Waals surface area contributed by atoms with Gasteiger partial charge in [0.25, 0.3) is 0 Å². The van der Waals surface area contributed by atoms with Crippen LogP contribution in [0.1, 0.15) is 44.9 Å². The molecule has 1 amide bonds. The second-order valence-electron chi connectivity index (χ2n) is 4.66. The lowest BCUT2D eigenvalue weighted by atomic mass is 10.2. The summed E-state index contributed by atoms with van der Waals surface area (Å²) < 4.78 is 0. The number of carboxylic acids is 1.